The molecule has 0 aliphatic carbocycles. The van der Waals surface area contributed by atoms with E-state index in [4.69, 9.17) is 4.74 Å². The first kappa shape index (κ1) is 15.9. The van der Waals surface area contributed by atoms with Crippen molar-refractivity contribution in [3.8, 4) is 5.75 Å². The number of benzene rings is 2. The number of nitrogens with zero attached hydrogens (tertiary/aromatic N) is 1. The van der Waals surface area contributed by atoms with E-state index in [9.17, 15) is 13.2 Å². The molecule has 122 valence electrons. The molecule has 0 N–H and O–H groups in total. The fourth-order valence-electron chi connectivity index (χ4n) is 2.86. The molecule has 0 spiro atoms. The van der Waals surface area contributed by atoms with Gasteiger partial charge in [-0.05, 0) is 42.4 Å². The van der Waals surface area contributed by atoms with Crippen LogP contribution in [0.2, 0.25) is 0 Å². The number of ether oxygens (including phenoxy) is 1. The van der Waals surface area contributed by atoms with E-state index in [1.165, 1.54) is 17.7 Å². The molecule has 5 heteroatoms. The van der Waals surface area contributed by atoms with E-state index in [2.05, 4.69) is 18.0 Å². The van der Waals surface area contributed by atoms with Crippen molar-refractivity contribution in [3.05, 3.63) is 65.2 Å². The second-order valence-electron chi connectivity index (χ2n) is 5.85. The molecule has 2 nitrogen and oxygen atoms in total. The van der Waals surface area contributed by atoms with Crippen LogP contribution in [-0.2, 0) is 12.7 Å². The lowest BCUT2D eigenvalue weighted by molar-refractivity contribution is -0.137. The fraction of sp³-hybridized carbons (Fsp3) is 0.333. The third kappa shape index (κ3) is 3.67. The van der Waals surface area contributed by atoms with E-state index in [0.29, 0.717) is 5.75 Å². The molecule has 1 unspecified atom stereocenters. The Morgan fingerprint density at radius 3 is 2.43 bits per heavy atom. The third-order valence-corrected chi connectivity index (χ3v) is 4.08. The molecule has 0 radical (unpaired) electrons. The van der Waals surface area contributed by atoms with Crippen LogP contribution in [0.5, 0.6) is 5.75 Å². The molecule has 1 aliphatic heterocycles. The van der Waals surface area contributed by atoms with Crippen molar-refractivity contribution in [3.63, 3.8) is 0 Å². The van der Waals surface area contributed by atoms with Crippen molar-refractivity contribution in [2.24, 2.45) is 0 Å². The molecule has 0 saturated heterocycles. The summed E-state index contributed by atoms with van der Waals surface area (Å²) in [5, 5.41) is 0. The van der Waals surface area contributed by atoms with E-state index in [1.807, 2.05) is 18.2 Å². The number of fused-ring (bicyclic) bond motifs is 1. The van der Waals surface area contributed by atoms with Crippen LogP contribution < -0.4 is 4.74 Å². The first-order chi connectivity index (χ1) is 10.9. The van der Waals surface area contributed by atoms with Crippen molar-refractivity contribution < 1.29 is 17.9 Å². The molecule has 3 rings (SSSR count). The Hall–Kier alpha value is -2.01. The fourth-order valence-corrected chi connectivity index (χ4v) is 2.86. The van der Waals surface area contributed by atoms with Crippen molar-refractivity contribution in [2.75, 3.05) is 13.6 Å². The average Bonchev–Trinajstić information content (AvgIpc) is 2.66. The van der Waals surface area contributed by atoms with Crippen LogP contribution in [0.4, 0.5) is 13.2 Å². The molecule has 23 heavy (non-hydrogen) atoms. The van der Waals surface area contributed by atoms with Crippen molar-refractivity contribution >= 4 is 0 Å². The molecule has 2 aromatic carbocycles. The molecule has 1 heterocycles. The number of rotatable bonds is 2. The van der Waals surface area contributed by atoms with Crippen LogP contribution in [0.15, 0.2) is 48.5 Å². The normalized spacial score (nSPS) is 19.0. The Kier molecular flexibility index (Phi) is 4.31. The molecule has 0 aromatic heterocycles. The lowest BCUT2D eigenvalue weighted by atomic mass is 10.0. The minimum absolute atomic E-state index is 0.145. The second kappa shape index (κ2) is 6.24. The highest BCUT2D eigenvalue weighted by Gasteiger charge is 2.30. The zero-order chi connectivity index (χ0) is 16.4. The van der Waals surface area contributed by atoms with Crippen molar-refractivity contribution in [2.45, 2.75) is 25.2 Å². The first-order valence-electron chi connectivity index (χ1n) is 7.54. The highest BCUT2D eigenvalue weighted by Crippen LogP contribution is 2.33. The molecule has 2 aromatic rings. The Morgan fingerprint density at radius 1 is 1.04 bits per heavy atom. The van der Waals surface area contributed by atoms with E-state index in [0.717, 1.165) is 37.2 Å². The van der Waals surface area contributed by atoms with Gasteiger partial charge in [0.1, 0.15) is 11.9 Å². The van der Waals surface area contributed by atoms with Gasteiger partial charge in [0.05, 0.1) is 5.56 Å². The highest BCUT2D eigenvalue weighted by atomic mass is 19.4. The van der Waals surface area contributed by atoms with Crippen molar-refractivity contribution in [1.29, 1.82) is 0 Å². The molecular formula is C18H18F3NO. The second-order valence-corrected chi connectivity index (χ2v) is 5.85. The minimum atomic E-state index is -4.32. The van der Waals surface area contributed by atoms with Gasteiger partial charge in [-0.1, -0.05) is 24.3 Å². The van der Waals surface area contributed by atoms with Gasteiger partial charge in [0, 0.05) is 19.5 Å². The zero-order valence-electron chi connectivity index (χ0n) is 12.8. The summed E-state index contributed by atoms with van der Waals surface area (Å²) in [6.45, 7) is 1.73. The smallest absolute Gasteiger partial charge is 0.416 e. The summed E-state index contributed by atoms with van der Waals surface area (Å²) in [6.07, 6.45) is -3.67. The summed E-state index contributed by atoms with van der Waals surface area (Å²) >= 11 is 0. The summed E-state index contributed by atoms with van der Waals surface area (Å²) < 4.78 is 43.9. The molecule has 0 saturated carbocycles. The number of hydrogen-bond donors (Lipinski definition) is 0. The van der Waals surface area contributed by atoms with E-state index in [-0.39, 0.29) is 6.10 Å². The molecule has 1 atom stereocenters. The molecule has 0 fully saturated rings. The van der Waals surface area contributed by atoms with Gasteiger partial charge in [0.25, 0.3) is 0 Å². The molecule has 0 amide bonds. The Labute approximate surface area is 133 Å². The van der Waals surface area contributed by atoms with Gasteiger partial charge in [-0.3, -0.25) is 0 Å². The Morgan fingerprint density at radius 2 is 1.74 bits per heavy atom. The lowest BCUT2D eigenvalue weighted by Crippen LogP contribution is -2.18. The first-order valence-corrected chi connectivity index (χ1v) is 7.54. The number of alkyl halides is 3. The van der Waals surface area contributed by atoms with Crippen LogP contribution in [0.3, 0.4) is 0 Å². The van der Waals surface area contributed by atoms with E-state index in [1.54, 1.807) is 0 Å². The van der Waals surface area contributed by atoms with Crippen LogP contribution in [-0.4, -0.2) is 18.5 Å². The van der Waals surface area contributed by atoms with Gasteiger partial charge in [0.2, 0.25) is 0 Å². The third-order valence-electron chi connectivity index (χ3n) is 4.08. The standard InChI is InChI=1S/C18H18F3NO/c1-22-11-10-17(16-5-3-2-4-13(16)12-22)23-15-8-6-14(7-9-15)18(19,20)21/h2-9,17H,10-12H2,1H3. The van der Waals surface area contributed by atoms with Gasteiger partial charge in [-0.2, -0.15) is 13.2 Å². The zero-order valence-corrected chi connectivity index (χ0v) is 12.8. The van der Waals surface area contributed by atoms with Crippen LogP contribution in [0.25, 0.3) is 0 Å². The predicted molar refractivity (Wildman–Crippen MR) is 82.2 cm³/mol. The van der Waals surface area contributed by atoms with E-state index < -0.39 is 11.7 Å². The maximum absolute atomic E-state index is 12.6. The van der Waals surface area contributed by atoms with Gasteiger partial charge in [-0.25, -0.2) is 0 Å². The maximum Gasteiger partial charge on any atom is 0.416 e. The Bertz CT molecular complexity index is 667. The number of halogens is 3. The SMILES string of the molecule is CN1CCC(Oc2ccc(C(F)(F)F)cc2)c2ccccc2C1. The van der Waals surface area contributed by atoms with Gasteiger partial charge < -0.3 is 9.64 Å². The molecule has 1 aliphatic rings. The van der Waals surface area contributed by atoms with Gasteiger partial charge in [-0.15, -0.1) is 0 Å². The molecule has 0 bridgehead atoms. The van der Waals surface area contributed by atoms with Crippen molar-refractivity contribution in [1.82, 2.24) is 4.90 Å². The largest absolute Gasteiger partial charge is 0.486 e. The quantitative estimate of drug-likeness (QED) is 0.797. The maximum atomic E-state index is 12.6. The summed E-state index contributed by atoms with van der Waals surface area (Å²) in [5.41, 5.74) is 1.65. The highest BCUT2D eigenvalue weighted by molar-refractivity contribution is 5.33. The summed E-state index contributed by atoms with van der Waals surface area (Å²) in [7, 11) is 2.05. The Balaban J connectivity index is 1.82. The van der Waals surface area contributed by atoms with Crippen LogP contribution >= 0.6 is 0 Å². The monoisotopic (exact) mass is 321 g/mol. The average molecular weight is 321 g/mol. The van der Waals surface area contributed by atoms with Gasteiger partial charge >= 0.3 is 6.18 Å². The predicted octanol–water partition coefficient (Wildman–Crippen LogP) is 4.66. The lowest BCUT2D eigenvalue weighted by Gasteiger charge is -2.20. The minimum Gasteiger partial charge on any atom is -0.486 e. The van der Waals surface area contributed by atoms with E-state index >= 15 is 0 Å². The van der Waals surface area contributed by atoms with Crippen LogP contribution in [0, 0.1) is 0 Å². The summed E-state index contributed by atoms with van der Waals surface area (Å²) in [5.74, 6) is 0.461. The van der Waals surface area contributed by atoms with Gasteiger partial charge in [0.15, 0.2) is 0 Å². The summed E-state index contributed by atoms with van der Waals surface area (Å²) in [4.78, 5) is 2.22. The topological polar surface area (TPSA) is 12.5 Å². The summed E-state index contributed by atoms with van der Waals surface area (Å²) in [6, 6.07) is 13.0. The number of hydrogen-bond acceptors (Lipinski definition) is 2. The van der Waals surface area contributed by atoms with Crippen LogP contribution in [0.1, 0.15) is 29.2 Å². The molecular weight excluding hydrogens is 303 g/mol.